The number of aromatic nitrogens is 2. The van der Waals surface area contributed by atoms with Crippen molar-refractivity contribution in [2.24, 2.45) is 0 Å². The van der Waals surface area contributed by atoms with E-state index in [1.54, 1.807) is 48.8 Å². The molecular formula is C35H27N5O4. The van der Waals surface area contributed by atoms with Crippen molar-refractivity contribution in [2.45, 2.75) is 12.5 Å². The van der Waals surface area contributed by atoms with E-state index in [4.69, 9.17) is 4.74 Å². The maximum atomic E-state index is 13.8. The van der Waals surface area contributed by atoms with E-state index in [1.807, 2.05) is 78.9 Å². The number of nitrogens with one attached hydrogen (secondary N) is 3. The lowest BCUT2D eigenvalue weighted by Crippen LogP contribution is -2.32. The lowest BCUT2D eigenvalue weighted by Gasteiger charge is -2.19. The molecule has 0 atom stereocenters. The van der Waals surface area contributed by atoms with E-state index in [9.17, 15) is 14.4 Å². The number of ether oxygens (including phenoxy) is 1. The quantitative estimate of drug-likeness (QED) is 0.168. The fourth-order valence-electron chi connectivity index (χ4n) is 4.88. The predicted octanol–water partition coefficient (Wildman–Crippen LogP) is 6.89. The second kappa shape index (κ2) is 12.8. The molecule has 0 saturated carbocycles. The van der Waals surface area contributed by atoms with Crippen molar-refractivity contribution in [1.29, 1.82) is 0 Å². The SMILES string of the molecule is O=C(Nc1ccc(C(C(=O)Nc2cccc3cccnc23)C(=O)Nc2cccc3cccnc23)cc1)OCc1ccccc1. The van der Waals surface area contributed by atoms with Gasteiger partial charge in [0.15, 0.2) is 0 Å². The van der Waals surface area contributed by atoms with Gasteiger partial charge < -0.3 is 15.4 Å². The van der Waals surface area contributed by atoms with Crippen LogP contribution in [0.2, 0.25) is 0 Å². The smallest absolute Gasteiger partial charge is 0.411 e. The van der Waals surface area contributed by atoms with Crippen LogP contribution in [-0.2, 0) is 20.9 Å². The normalized spacial score (nSPS) is 10.8. The largest absolute Gasteiger partial charge is 0.444 e. The Morgan fingerprint density at radius 3 is 1.70 bits per heavy atom. The number of fused-ring (bicyclic) bond motifs is 2. The first-order valence-electron chi connectivity index (χ1n) is 13.9. The summed E-state index contributed by atoms with van der Waals surface area (Å²) in [6.07, 6.45) is 2.67. The Bertz CT molecular complexity index is 1860. The summed E-state index contributed by atoms with van der Waals surface area (Å²) in [6.45, 7) is 0.124. The van der Waals surface area contributed by atoms with Gasteiger partial charge in [-0.05, 0) is 47.5 Å². The minimum Gasteiger partial charge on any atom is -0.444 e. The van der Waals surface area contributed by atoms with Crippen LogP contribution in [0.3, 0.4) is 0 Å². The molecule has 6 aromatic rings. The van der Waals surface area contributed by atoms with Crippen molar-refractivity contribution in [3.05, 3.63) is 139 Å². The average molecular weight is 582 g/mol. The molecule has 4 aromatic carbocycles. The Labute approximate surface area is 252 Å². The summed E-state index contributed by atoms with van der Waals surface area (Å²) >= 11 is 0. The number of hydrogen-bond donors (Lipinski definition) is 3. The van der Waals surface area contributed by atoms with Crippen molar-refractivity contribution in [2.75, 3.05) is 16.0 Å². The Balaban J connectivity index is 1.25. The lowest BCUT2D eigenvalue weighted by atomic mass is 9.96. The molecule has 3 amide bonds. The van der Waals surface area contributed by atoms with Gasteiger partial charge in [-0.2, -0.15) is 0 Å². The van der Waals surface area contributed by atoms with Gasteiger partial charge in [-0.25, -0.2) is 4.79 Å². The van der Waals surface area contributed by atoms with Gasteiger partial charge in [0, 0.05) is 28.9 Å². The van der Waals surface area contributed by atoms with E-state index >= 15 is 0 Å². The van der Waals surface area contributed by atoms with Crippen LogP contribution in [0.1, 0.15) is 17.0 Å². The fraction of sp³-hybridized carbons (Fsp3) is 0.0571. The number of hydrogen-bond acceptors (Lipinski definition) is 6. The Morgan fingerprint density at radius 1 is 0.591 bits per heavy atom. The predicted molar refractivity (Wildman–Crippen MR) is 170 cm³/mol. The second-order valence-electron chi connectivity index (χ2n) is 9.98. The molecule has 0 fully saturated rings. The number of benzene rings is 4. The first kappa shape index (κ1) is 28.0. The summed E-state index contributed by atoms with van der Waals surface area (Å²) in [4.78, 5) is 48.8. The lowest BCUT2D eigenvalue weighted by molar-refractivity contribution is -0.125. The van der Waals surface area contributed by atoms with E-state index in [-0.39, 0.29) is 6.61 Å². The Hall–Kier alpha value is -6.09. The highest BCUT2D eigenvalue weighted by molar-refractivity contribution is 6.17. The summed E-state index contributed by atoms with van der Waals surface area (Å²) < 4.78 is 5.30. The number of pyridine rings is 2. The van der Waals surface area contributed by atoms with Gasteiger partial charge in [0.25, 0.3) is 0 Å². The number of amides is 3. The van der Waals surface area contributed by atoms with E-state index in [0.717, 1.165) is 16.3 Å². The number of para-hydroxylation sites is 2. The van der Waals surface area contributed by atoms with Crippen LogP contribution in [0.5, 0.6) is 0 Å². The summed E-state index contributed by atoms with van der Waals surface area (Å²) in [7, 11) is 0. The van der Waals surface area contributed by atoms with Crippen LogP contribution in [0.15, 0.2) is 128 Å². The number of carbonyl (C=O) groups excluding carboxylic acids is 3. The third kappa shape index (κ3) is 6.37. The van der Waals surface area contributed by atoms with Crippen LogP contribution < -0.4 is 16.0 Å². The van der Waals surface area contributed by atoms with Crippen LogP contribution in [0.25, 0.3) is 21.8 Å². The van der Waals surface area contributed by atoms with Gasteiger partial charge in [0.05, 0.1) is 22.4 Å². The van der Waals surface area contributed by atoms with Crippen molar-refractivity contribution in [1.82, 2.24) is 9.97 Å². The number of rotatable bonds is 8. The third-order valence-corrected chi connectivity index (χ3v) is 7.01. The number of nitrogens with zero attached hydrogens (tertiary/aromatic N) is 2. The molecule has 0 aliphatic rings. The van der Waals surface area contributed by atoms with Crippen molar-refractivity contribution in [3.63, 3.8) is 0 Å². The highest BCUT2D eigenvalue weighted by atomic mass is 16.5. The van der Waals surface area contributed by atoms with Gasteiger partial charge in [-0.3, -0.25) is 24.9 Å². The van der Waals surface area contributed by atoms with Gasteiger partial charge in [-0.1, -0.05) is 78.9 Å². The summed E-state index contributed by atoms with van der Waals surface area (Å²) in [6, 6.07) is 34.1. The molecule has 3 N–H and O–H groups in total. The zero-order chi connectivity index (χ0) is 30.3. The van der Waals surface area contributed by atoms with Gasteiger partial charge in [0.2, 0.25) is 11.8 Å². The van der Waals surface area contributed by atoms with Gasteiger partial charge in [0.1, 0.15) is 12.5 Å². The van der Waals surface area contributed by atoms with Gasteiger partial charge >= 0.3 is 6.09 Å². The molecule has 0 aliphatic heterocycles. The van der Waals surface area contributed by atoms with Crippen LogP contribution in [0, 0.1) is 0 Å². The molecule has 0 bridgehead atoms. The molecule has 0 unspecified atom stereocenters. The second-order valence-corrected chi connectivity index (χ2v) is 9.98. The van der Waals surface area contributed by atoms with Crippen LogP contribution in [-0.4, -0.2) is 27.9 Å². The minimum absolute atomic E-state index is 0.124. The molecule has 44 heavy (non-hydrogen) atoms. The average Bonchev–Trinajstić information content (AvgIpc) is 3.05. The molecule has 216 valence electrons. The van der Waals surface area contributed by atoms with Gasteiger partial charge in [-0.15, -0.1) is 0 Å². The van der Waals surface area contributed by atoms with E-state index in [1.165, 1.54) is 0 Å². The molecule has 9 nitrogen and oxygen atoms in total. The molecule has 0 aliphatic carbocycles. The Kier molecular flexibility index (Phi) is 8.18. The standard InChI is InChI=1S/C35H27N5O4/c41-33(39-28-14-4-10-25-12-6-20-36-31(25)28)30(34(42)40-29-15-5-11-26-13-7-21-37-32(26)29)24-16-18-27(19-17-24)38-35(43)44-22-23-8-2-1-3-9-23/h1-21,30H,22H2,(H,38,43)(H,39,41)(H,40,42). The highest BCUT2D eigenvalue weighted by Crippen LogP contribution is 2.27. The zero-order valence-corrected chi connectivity index (χ0v) is 23.4. The van der Waals surface area contributed by atoms with Crippen molar-refractivity contribution >= 4 is 56.8 Å². The van der Waals surface area contributed by atoms with E-state index in [0.29, 0.717) is 33.7 Å². The topological polar surface area (TPSA) is 122 Å². The first-order chi connectivity index (χ1) is 21.5. The highest BCUT2D eigenvalue weighted by Gasteiger charge is 2.30. The van der Waals surface area contributed by atoms with E-state index < -0.39 is 23.8 Å². The number of carbonyl (C=O) groups is 3. The molecule has 0 radical (unpaired) electrons. The molecular weight excluding hydrogens is 554 g/mol. The maximum absolute atomic E-state index is 13.8. The van der Waals surface area contributed by atoms with Crippen LogP contribution in [0.4, 0.5) is 21.9 Å². The number of anilines is 3. The summed E-state index contributed by atoms with van der Waals surface area (Å²) in [5, 5.41) is 10.2. The molecule has 2 aromatic heterocycles. The van der Waals surface area contributed by atoms with E-state index in [2.05, 4.69) is 25.9 Å². The van der Waals surface area contributed by atoms with Crippen LogP contribution >= 0.6 is 0 Å². The summed E-state index contributed by atoms with van der Waals surface area (Å²) in [5.41, 5.74) is 3.91. The van der Waals surface area contributed by atoms with Crippen molar-refractivity contribution < 1.29 is 19.1 Å². The maximum Gasteiger partial charge on any atom is 0.411 e. The third-order valence-electron chi connectivity index (χ3n) is 7.01. The molecule has 0 saturated heterocycles. The molecule has 6 rings (SSSR count). The first-order valence-corrected chi connectivity index (χ1v) is 13.9. The fourth-order valence-corrected chi connectivity index (χ4v) is 4.88. The molecule has 0 spiro atoms. The van der Waals surface area contributed by atoms with Crippen molar-refractivity contribution in [3.8, 4) is 0 Å². The zero-order valence-electron chi connectivity index (χ0n) is 23.4. The summed E-state index contributed by atoms with van der Waals surface area (Å²) in [5.74, 6) is -2.33. The minimum atomic E-state index is -1.24. The molecule has 9 heteroatoms. The monoisotopic (exact) mass is 581 g/mol. The molecule has 2 heterocycles. The Morgan fingerprint density at radius 2 is 1.14 bits per heavy atom.